The number of hydrogen-bond acceptors (Lipinski definition) is 3. The van der Waals surface area contributed by atoms with Gasteiger partial charge in [0.15, 0.2) is 0 Å². The van der Waals surface area contributed by atoms with Gasteiger partial charge in [-0.2, -0.15) is 0 Å². The van der Waals surface area contributed by atoms with E-state index in [-0.39, 0.29) is 5.91 Å². The quantitative estimate of drug-likeness (QED) is 0.904. The molecule has 1 aromatic carbocycles. The van der Waals surface area contributed by atoms with Crippen molar-refractivity contribution in [2.24, 2.45) is 0 Å². The Balaban J connectivity index is 2.01. The number of piperidine rings is 1. The van der Waals surface area contributed by atoms with E-state index >= 15 is 0 Å². The summed E-state index contributed by atoms with van der Waals surface area (Å²) >= 11 is 0. The van der Waals surface area contributed by atoms with Gasteiger partial charge in [0.2, 0.25) is 0 Å². The van der Waals surface area contributed by atoms with Crippen LogP contribution in [-0.2, 0) is 0 Å². The van der Waals surface area contributed by atoms with Crippen molar-refractivity contribution in [1.29, 1.82) is 0 Å². The van der Waals surface area contributed by atoms with Gasteiger partial charge in [0.1, 0.15) is 0 Å². The Morgan fingerprint density at radius 2 is 1.81 bits per heavy atom. The zero-order valence-electron chi connectivity index (χ0n) is 13.4. The first-order valence-corrected chi connectivity index (χ1v) is 7.92. The van der Waals surface area contributed by atoms with E-state index in [9.17, 15) is 4.79 Å². The molecule has 0 unspecified atom stereocenters. The van der Waals surface area contributed by atoms with Gasteiger partial charge in [-0.15, -0.1) is 0 Å². The van der Waals surface area contributed by atoms with Crippen LogP contribution in [0.1, 0.15) is 36.5 Å². The van der Waals surface area contributed by atoms with E-state index in [1.807, 2.05) is 36.2 Å². The monoisotopic (exact) mass is 289 g/mol. The van der Waals surface area contributed by atoms with Crippen molar-refractivity contribution in [2.75, 3.05) is 38.6 Å². The molecule has 0 spiro atoms. The Kier molecular flexibility index (Phi) is 5.62. The van der Waals surface area contributed by atoms with Gasteiger partial charge in [-0.1, -0.05) is 6.92 Å². The molecule has 1 aliphatic rings. The zero-order valence-corrected chi connectivity index (χ0v) is 13.4. The van der Waals surface area contributed by atoms with E-state index < -0.39 is 0 Å². The summed E-state index contributed by atoms with van der Waals surface area (Å²) in [7, 11) is 4.01. The van der Waals surface area contributed by atoms with Crippen LogP contribution >= 0.6 is 0 Å². The highest BCUT2D eigenvalue weighted by Crippen LogP contribution is 2.17. The van der Waals surface area contributed by atoms with E-state index in [1.54, 1.807) is 0 Å². The lowest BCUT2D eigenvalue weighted by Crippen LogP contribution is -2.43. The molecule has 1 N–H and O–H groups in total. The molecule has 0 aromatic heterocycles. The third kappa shape index (κ3) is 3.97. The minimum atomic E-state index is 0.131. The third-order valence-corrected chi connectivity index (χ3v) is 4.29. The molecule has 1 amide bonds. The molecular formula is C17H27N3O. The fourth-order valence-corrected chi connectivity index (χ4v) is 2.89. The molecule has 1 saturated heterocycles. The van der Waals surface area contributed by atoms with E-state index in [0.717, 1.165) is 50.1 Å². The lowest BCUT2D eigenvalue weighted by Gasteiger charge is -2.31. The molecule has 2 rings (SSSR count). The maximum absolute atomic E-state index is 12.5. The maximum atomic E-state index is 12.5. The number of carbonyl (C=O) groups is 1. The van der Waals surface area contributed by atoms with Gasteiger partial charge in [-0.25, -0.2) is 0 Å². The highest BCUT2D eigenvalue weighted by atomic mass is 16.2. The number of anilines is 1. The molecule has 0 radical (unpaired) electrons. The molecule has 0 bridgehead atoms. The second-order valence-corrected chi connectivity index (χ2v) is 5.87. The zero-order chi connectivity index (χ0) is 15.2. The predicted octanol–water partition coefficient (Wildman–Crippen LogP) is 2.36. The molecule has 1 aromatic rings. The molecule has 1 aliphatic heterocycles. The highest BCUT2D eigenvalue weighted by Gasteiger charge is 2.22. The Labute approximate surface area is 128 Å². The fraction of sp³-hybridized carbons (Fsp3) is 0.588. The van der Waals surface area contributed by atoms with Crippen LogP contribution in [0.3, 0.4) is 0 Å². The van der Waals surface area contributed by atoms with Gasteiger partial charge in [0.25, 0.3) is 5.91 Å². The molecule has 0 atom stereocenters. The summed E-state index contributed by atoms with van der Waals surface area (Å²) in [5.41, 5.74) is 1.95. The second-order valence-electron chi connectivity index (χ2n) is 5.87. The van der Waals surface area contributed by atoms with Crippen molar-refractivity contribution in [3.8, 4) is 0 Å². The van der Waals surface area contributed by atoms with E-state index in [1.165, 1.54) is 0 Å². The number of carbonyl (C=O) groups excluding carboxylic acids is 1. The number of benzene rings is 1. The maximum Gasteiger partial charge on any atom is 0.253 e. The normalized spacial score (nSPS) is 15.8. The van der Waals surface area contributed by atoms with Gasteiger partial charge in [0, 0.05) is 37.9 Å². The smallest absolute Gasteiger partial charge is 0.253 e. The Morgan fingerprint density at radius 1 is 1.19 bits per heavy atom. The minimum absolute atomic E-state index is 0.131. The predicted molar refractivity (Wildman–Crippen MR) is 88.0 cm³/mol. The standard InChI is InChI=1S/C17H27N3O/c1-4-13-19(2)15-7-5-14(6-8-15)17(21)20(3)16-9-11-18-12-10-16/h5-8,16,18H,4,9-13H2,1-3H3. The summed E-state index contributed by atoms with van der Waals surface area (Å²) in [6.07, 6.45) is 3.20. The van der Waals surface area contributed by atoms with Gasteiger partial charge < -0.3 is 15.1 Å². The highest BCUT2D eigenvalue weighted by molar-refractivity contribution is 5.94. The largest absolute Gasteiger partial charge is 0.375 e. The van der Waals surface area contributed by atoms with Crippen LogP contribution in [0.2, 0.25) is 0 Å². The van der Waals surface area contributed by atoms with Crippen molar-refractivity contribution >= 4 is 11.6 Å². The summed E-state index contributed by atoms with van der Waals surface area (Å²) in [6.45, 7) is 5.21. The van der Waals surface area contributed by atoms with Crippen LogP contribution in [-0.4, -0.2) is 50.6 Å². The number of rotatable bonds is 5. The van der Waals surface area contributed by atoms with E-state index in [4.69, 9.17) is 0 Å². The van der Waals surface area contributed by atoms with Gasteiger partial charge in [-0.05, 0) is 56.6 Å². The van der Waals surface area contributed by atoms with Crippen LogP contribution < -0.4 is 10.2 Å². The SMILES string of the molecule is CCCN(C)c1ccc(C(=O)N(C)C2CCNCC2)cc1. The Morgan fingerprint density at radius 3 is 2.38 bits per heavy atom. The number of nitrogens with one attached hydrogen (secondary N) is 1. The van der Waals surface area contributed by atoms with E-state index in [0.29, 0.717) is 6.04 Å². The number of amides is 1. The van der Waals surface area contributed by atoms with Crippen LogP contribution in [0.4, 0.5) is 5.69 Å². The number of nitrogens with zero attached hydrogens (tertiary/aromatic N) is 2. The molecule has 1 fully saturated rings. The molecule has 116 valence electrons. The minimum Gasteiger partial charge on any atom is -0.375 e. The molecule has 21 heavy (non-hydrogen) atoms. The van der Waals surface area contributed by atoms with Gasteiger partial charge in [-0.3, -0.25) is 4.79 Å². The third-order valence-electron chi connectivity index (χ3n) is 4.29. The van der Waals surface area contributed by atoms with Crippen molar-refractivity contribution in [3.63, 3.8) is 0 Å². The van der Waals surface area contributed by atoms with Crippen LogP contribution in [0.5, 0.6) is 0 Å². The summed E-state index contributed by atoms with van der Waals surface area (Å²) in [5.74, 6) is 0.131. The Hall–Kier alpha value is -1.55. The first-order valence-electron chi connectivity index (χ1n) is 7.92. The second kappa shape index (κ2) is 7.46. The lowest BCUT2D eigenvalue weighted by molar-refractivity contribution is 0.0703. The first-order chi connectivity index (χ1) is 10.1. The van der Waals surface area contributed by atoms with Crippen molar-refractivity contribution in [2.45, 2.75) is 32.2 Å². The average Bonchev–Trinajstić information content (AvgIpc) is 2.54. The molecule has 4 heteroatoms. The molecule has 4 nitrogen and oxygen atoms in total. The summed E-state index contributed by atoms with van der Waals surface area (Å²) in [6, 6.07) is 8.34. The van der Waals surface area contributed by atoms with Crippen molar-refractivity contribution < 1.29 is 4.79 Å². The van der Waals surface area contributed by atoms with Crippen LogP contribution in [0.25, 0.3) is 0 Å². The summed E-state index contributed by atoms with van der Waals surface area (Å²) in [4.78, 5) is 16.7. The fourth-order valence-electron chi connectivity index (χ4n) is 2.89. The summed E-state index contributed by atoms with van der Waals surface area (Å²) < 4.78 is 0. The topological polar surface area (TPSA) is 35.6 Å². The molecule has 1 heterocycles. The van der Waals surface area contributed by atoms with Crippen molar-refractivity contribution in [3.05, 3.63) is 29.8 Å². The molecule has 0 aliphatic carbocycles. The van der Waals surface area contributed by atoms with Crippen molar-refractivity contribution in [1.82, 2.24) is 10.2 Å². The number of hydrogen-bond donors (Lipinski definition) is 1. The van der Waals surface area contributed by atoms with Gasteiger partial charge >= 0.3 is 0 Å². The van der Waals surface area contributed by atoms with Gasteiger partial charge in [0.05, 0.1) is 0 Å². The molecular weight excluding hydrogens is 262 g/mol. The Bertz CT molecular complexity index is 452. The lowest BCUT2D eigenvalue weighted by atomic mass is 10.0. The molecule has 0 saturated carbocycles. The van der Waals surface area contributed by atoms with E-state index in [2.05, 4.69) is 24.2 Å². The summed E-state index contributed by atoms with van der Waals surface area (Å²) in [5, 5.41) is 3.34. The van der Waals surface area contributed by atoms with Crippen LogP contribution in [0, 0.1) is 0 Å². The average molecular weight is 289 g/mol. The van der Waals surface area contributed by atoms with Crippen LogP contribution in [0.15, 0.2) is 24.3 Å². The first kappa shape index (κ1) is 15.8.